The van der Waals surface area contributed by atoms with Gasteiger partial charge in [-0.25, -0.2) is 0 Å². The fraction of sp³-hybridized carbons (Fsp3) is 0.379. The van der Waals surface area contributed by atoms with Gasteiger partial charge in [-0.05, 0) is 140 Å². The molecule has 3 aromatic carbocycles. The molecule has 3 aromatic rings. The molecule has 5 heteroatoms. The summed E-state index contributed by atoms with van der Waals surface area (Å²) in [6.07, 6.45) is 2.91. The second kappa shape index (κ2) is 11.6. The molecule has 0 heterocycles. The Morgan fingerprint density at radius 2 is 0.912 bits per heavy atom. The minimum absolute atomic E-state index is 0.323. The van der Waals surface area contributed by atoms with Gasteiger partial charge >= 0.3 is 0 Å². The van der Waals surface area contributed by atoms with Gasteiger partial charge in [0, 0.05) is 0 Å². The van der Waals surface area contributed by atoms with Crippen LogP contribution in [0.4, 0.5) is 0 Å². The molecule has 0 fully saturated rings. The Hall–Kier alpha value is -2.70. The molecule has 0 aromatic heterocycles. The van der Waals surface area contributed by atoms with E-state index in [9.17, 15) is 5.11 Å². The third-order valence-electron chi connectivity index (χ3n) is 6.48. The molecule has 0 bridgehead atoms. The summed E-state index contributed by atoms with van der Waals surface area (Å²) >= 11 is 0. The highest BCUT2D eigenvalue weighted by molar-refractivity contribution is 5.80. The number of hydrogen-bond donors (Lipinski definition) is 5. The molecule has 0 unspecified atom stereocenters. The minimum Gasteiger partial charge on any atom is -0.507 e. The summed E-state index contributed by atoms with van der Waals surface area (Å²) in [7, 11) is 0. The second-order valence-electron chi connectivity index (χ2n) is 9.24. The fourth-order valence-corrected chi connectivity index (χ4v) is 5.18. The van der Waals surface area contributed by atoms with E-state index in [1.165, 1.54) is 44.5 Å². The zero-order valence-corrected chi connectivity index (χ0v) is 20.9. The molecule has 5 nitrogen and oxygen atoms in total. The van der Waals surface area contributed by atoms with Crippen molar-refractivity contribution < 1.29 is 5.11 Å². The number of phenolic OH excluding ortho intramolecular Hbond substituents is 1. The van der Waals surface area contributed by atoms with Crippen LogP contribution in [0.5, 0.6) is 5.75 Å². The van der Waals surface area contributed by atoms with Gasteiger partial charge in [-0.2, -0.15) is 0 Å². The lowest BCUT2D eigenvalue weighted by Gasteiger charge is -2.20. The standard InChI is InChI=1S/C29H40N4O/c1-18-12-21(4-8-30)28(22(13-18)5-9-31)25-14-19(2)27(20(3)15-25)26-16-23(6-10-32)29(34)24(17-26)7-11-33/h12-17,34H,4-11,30-33H2,1-3H3. The lowest BCUT2D eigenvalue weighted by molar-refractivity contribution is 0.461. The topological polar surface area (TPSA) is 124 Å². The van der Waals surface area contributed by atoms with Gasteiger partial charge in [-0.15, -0.1) is 0 Å². The Morgan fingerprint density at radius 1 is 0.529 bits per heavy atom. The zero-order chi connectivity index (χ0) is 24.8. The summed E-state index contributed by atoms with van der Waals surface area (Å²) in [6, 6.07) is 13.2. The normalized spacial score (nSPS) is 11.3. The van der Waals surface area contributed by atoms with E-state index in [0.717, 1.165) is 29.5 Å². The third kappa shape index (κ3) is 5.50. The van der Waals surface area contributed by atoms with Crippen LogP contribution in [-0.4, -0.2) is 31.3 Å². The molecule has 9 N–H and O–H groups in total. The van der Waals surface area contributed by atoms with Crippen LogP contribution in [0, 0.1) is 20.8 Å². The van der Waals surface area contributed by atoms with Crippen LogP contribution in [0.1, 0.15) is 38.9 Å². The minimum atomic E-state index is 0.323. The summed E-state index contributed by atoms with van der Waals surface area (Å²) in [5, 5.41) is 10.7. The molecule has 0 aliphatic carbocycles. The smallest absolute Gasteiger partial charge is 0.122 e. The molecule has 0 spiro atoms. The molecule has 0 amide bonds. The first-order chi connectivity index (χ1) is 16.3. The number of benzene rings is 3. The largest absolute Gasteiger partial charge is 0.507 e. The maximum absolute atomic E-state index is 10.7. The van der Waals surface area contributed by atoms with Crippen LogP contribution in [0.25, 0.3) is 22.3 Å². The molecule has 0 aliphatic heterocycles. The zero-order valence-electron chi connectivity index (χ0n) is 20.9. The van der Waals surface area contributed by atoms with Crippen molar-refractivity contribution in [2.45, 2.75) is 46.5 Å². The van der Waals surface area contributed by atoms with E-state index in [1.54, 1.807) is 0 Å². The van der Waals surface area contributed by atoms with Crippen molar-refractivity contribution in [3.63, 3.8) is 0 Å². The monoisotopic (exact) mass is 460 g/mol. The molecular weight excluding hydrogens is 420 g/mol. The SMILES string of the molecule is Cc1cc(CCN)c(-c2cc(C)c(-c3cc(CCN)c(O)c(CCN)c3)c(C)c2)c(CCN)c1. The van der Waals surface area contributed by atoms with E-state index < -0.39 is 0 Å². The molecule has 182 valence electrons. The number of phenols is 1. The summed E-state index contributed by atoms with van der Waals surface area (Å²) in [4.78, 5) is 0. The Labute approximate surface area is 204 Å². The Morgan fingerprint density at radius 3 is 1.32 bits per heavy atom. The number of aryl methyl sites for hydroxylation is 3. The fourth-order valence-electron chi connectivity index (χ4n) is 5.18. The maximum atomic E-state index is 10.7. The molecule has 0 saturated carbocycles. The molecular formula is C29H40N4O. The van der Waals surface area contributed by atoms with Crippen molar-refractivity contribution in [3.05, 3.63) is 75.3 Å². The summed E-state index contributed by atoms with van der Waals surface area (Å²) in [5.41, 5.74) is 36.3. The number of rotatable bonds is 10. The maximum Gasteiger partial charge on any atom is 0.122 e. The van der Waals surface area contributed by atoms with Crippen LogP contribution in [0.2, 0.25) is 0 Å². The molecule has 0 atom stereocenters. The molecule has 34 heavy (non-hydrogen) atoms. The first-order valence-electron chi connectivity index (χ1n) is 12.2. The Bertz CT molecular complexity index is 1080. The van der Waals surface area contributed by atoms with E-state index in [-0.39, 0.29) is 0 Å². The molecule has 3 rings (SSSR count). The predicted molar refractivity (Wildman–Crippen MR) is 144 cm³/mol. The van der Waals surface area contributed by atoms with E-state index in [1.807, 2.05) is 0 Å². The summed E-state index contributed by atoms with van der Waals surface area (Å²) < 4.78 is 0. The Balaban J connectivity index is 2.20. The van der Waals surface area contributed by atoms with Gasteiger partial charge < -0.3 is 28.0 Å². The van der Waals surface area contributed by atoms with Crippen LogP contribution in [0.15, 0.2) is 36.4 Å². The lowest BCUT2D eigenvalue weighted by atomic mass is 9.85. The van der Waals surface area contributed by atoms with Gasteiger partial charge in [0.2, 0.25) is 0 Å². The van der Waals surface area contributed by atoms with E-state index in [2.05, 4.69) is 57.2 Å². The van der Waals surface area contributed by atoms with Crippen molar-refractivity contribution in [2.75, 3.05) is 26.2 Å². The average molecular weight is 461 g/mol. The van der Waals surface area contributed by atoms with E-state index in [0.29, 0.717) is 44.8 Å². The van der Waals surface area contributed by atoms with Gasteiger partial charge in [0.05, 0.1) is 0 Å². The number of nitrogens with two attached hydrogens (primary N) is 4. The van der Waals surface area contributed by atoms with Crippen molar-refractivity contribution in [3.8, 4) is 28.0 Å². The predicted octanol–water partition coefficient (Wildman–Crippen LogP) is 3.66. The first-order valence-corrected chi connectivity index (χ1v) is 12.2. The highest BCUT2D eigenvalue weighted by Gasteiger charge is 2.17. The number of hydrogen-bond acceptors (Lipinski definition) is 5. The van der Waals surface area contributed by atoms with Gasteiger partial charge in [-0.1, -0.05) is 29.8 Å². The van der Waals surface area contributed by atoms with Crippen LogP contribution >= 0.6 is 0 Å². The highest BCUT2D eigenvalue weighted by atomic mass is 16.3. The van der Waals surface area contributed by atoms with Gasteiger partial charge in [0.1, 0.15) is 5.75 Å². The van der Waals surface area contributed by atoms with E-state index in [4.69, 9.17) is 22.9 Å². The third-order valence-corrected chi connectivity index (χ3v) is 6.48. The van der Waals surface area contributed by atoms with Gasteiger partial charge in [-0.3, -0.25) is 0 Å². The summed E-state index contributed by atoms with van der Waals surface area (Å²) in [6.45, 7) is 8.62. The van der Waals surface area contributed by atoms with Crippen LogP contribution < -0.4 is 22.9 Å². The Kier molecular flexibility index (Phi) is 8.86. The van der Waals surface area contributed by atoms with Crippen molar-refractivity contribution in [2.24, 2.45) is 22.9 Å². The highest BCUT2D eigenvalue weighted by Crippen LogP contribution is 2.38. The van der Waals surface area contributed by atoms with E-state index >= 15 is 0 Å². The number of aromatic hydroxyl groups is 1. The summed E-state index contributed by atoms with van der Waals surface area (Å²) in [5.74, 6) is 0.323. The second-order valence-corrected chi connectivity index (χ2v) is 9.24. The van der Waals surface area contributed by atoms with Crippen molar-refractivity contribution >= 4 is 0 Å². The van der Waals surface area contributed by atoms with Crippen LogP contribution in [0.3, 0.4) is 0 Å². The van der Waals surface area contributed by atoms with Crippen molar-refractivity contribution in [1.82, 2.24) is 0 Å². The molecule has 0 saturated heterocycles. The van der Waals surface area contributed by atoms with Gasteiger partial charge in [0.25, 0.3) is 0 Å². The van der Waals surface area contributed by atoms with Crippen molar-refractivity contribution in [1.29, 1.82) is 0 Å². The lowest BCUT2D eigenvalue weighted by Crippen LogP contribution is -2.09. The average Bonchev–Trinajstić information content (AvgIpc) is 2.77. The first kappa shape index (κ1) is 25.9. The van der Waals surface area contributed by atoms with Crippen LogP contribution in [-0.2, 0) is 25.7 Å². The quantitative estimate of drug-likeness (QED) is 0.316. The molecule has 0 aliphatic rings. The molecule has 0 radical (unpaired) electrons. The van der Waals surface area contributed by atoms with Gasteiger partial charge in [0.15, 0.2) is 0 Å².